The molecule has 5 rings (SSSR count). The van der Waals surface area contributed by atoms with Gasteiger partial charge < -0.3 is 15.0 Å². The molecule has 11 heteroatoms. The zero-order chi connectivity index (χ0) is 24.4. The second-order valence-corrected chi connectivity index (χ2v) is 11.7. The molecule has 2 atom stereocenters. The first kappa shape index (κ1) is 24.0. The van der Waals surface area contributed by atoms with Crippen molar-refractivity contribution in [2.24, 2.45) is 0 Å². The maximum absolute atomic E-state index is 13.5. The summed E-state index contributed by atoms with van der Waals surface area (Å²) < 4.78 is 35.0. The highest BCUT2D eigenvalue weighted by Crippen LogP contribution is 2.39. The summed E-state index contributed by atoms with van der Waals surface area (Å²) in [5.41, 5.74) is 1.67. The molecular formula is C24H29N5O4S2. The molecule has 0 saturated carbocycles. The Morgan fingerprint density at radius 1 is 1.14 bits per heavy atom. The maximum atomic E-state index is 13.5. The SMILES string of the molecule is CCOCCCNc1c(N2CC3CC2CN3S(=O)(=O)c2cccs2)cnn(-c2ccccc2)c1=O. The average molecular weight is 516 g/mol. The number of benzene rings is 1. The summed E-state index contributed by atoms with van der Waals surface area (Å²) in [4.78, 5) is 15.7. The lowest BCUT2D eigenvalue weighted by molar-refractivity contribution is 0.147. The third kappa shape index (κ3) is 4.61. The maximum Gasteiger partial charge on any atom is 0.296 e. The van der Waals surface area contributed by atoms with E-state index in [9.17, 15) is 13.2 Å². The van der Waals surface area contributed by atoms with Crippen molar-refractivity contribution in [1.29, 1.82) is 0 Å². The van der Waals surface area contributed by atoms with Crippen LogP contribution in [-0.4, -0.2) is 67.4 Å². The minimum absolute atomic E-state index is 0.00696. The fraction of sp³-hybridized carbons (Fsp3) is 0.417. The van der Waals surface area contributed by atoms with Gasteiger partial charge in [-0.2, -0.15) is 14.1 Å². The highest BCUT2D eigenvalue weighted by atomic mass is 32.2. The van der Waals surface area contributed by atoms with Crippen LogP contribution >= 0.6 is 11.3 Å². The van der Waals surface area contributed by atoms with Crippen LogP contribution in [0.15, 0.2) is 63.0 Å². The van der Waals surface area contributed by atoms with Crippen molar-refractivity contribution >= 4 is 32.7 Å². The van der Waals surface area contributed by atoms with Gasteiger partial charge in [-0.3, -0.25) is 4.79 Å². The third-order valence-corrected chi connectivity index (χ3v) is 9.78. The molecule has 1 N–H and O–H groups in total. The van der Waals surface area contributed by atoms with Crippen LogP contribution in [0.25, 0.3) is 5.69 Å². The minimum Gasteiger partial charge on any atom is -0.382 e. The van der Waals surface area contributed by atoms with Gasteiger partial charge in [0, 0.05) is 44.9 Å². The zero-order valence-corrected chi connectivity index (χ0v) is 21.2. The Kier molecular flexibility index (Phi) is 6.92. The topological polar surface area (TPSA) is 96.8 Å². The van der Waals surface area contributed by atoms with Gasteiger partial charge in [0.05, 0.1) is 17.6 Å². The first-order valence-corrected chi connectivity index (χ1v) is 14.1. The molecular weight excluding hydrogens is 486 g/mol. The number of aromatic nitrogens is 2. The van der Waals surface area contributed by atoms with Crippen LogP contribution in [0.2, 0.25) is 0 Å². The highest BCUT2D eigenvalue weighted by Gasteiger charge is 2.49. The number of piperazine rings is 1. The summed E-state index contributed by atoms with van der Waals surface area (Å²) in [6.45, 7) is 4.73. The molecule has 2 unspecified atom stereocenters. The van der Waals surface area contributed by atoms with Crippen molar-refractivity contribution in [1.82, 2.24) is 14.1 Å². The normalized spacial score (nSPS) is 20.0. The van der Waals surface area contributed by atoms with E-state index >= 15 is 0 Å². The van der Waals surface area contributed by atoms with Gasteiger partial charge in [0.15, 0.2) is 0 Å². The van der Waals surface area contributed by atoms with Gasteiger partial charge in [-0.15, -0.1) is 11.3 Å². The Morgan fingerprint density at radius 3 is 2.66 bits per heavy atom. The van der Waals surface area contributed by atoms with Crippen LogP contribution < -0.4 is 15.8 Å². The molecule has 9 nitrogen and oxygen atoms in total. The zero-order valence-electron chi connectivity index (χ0n) is 19.5. The van der Waals surface area contributed by atoms with E-state index in [1.54, 1.807) is 28.0 Å². The molecule has 2 fully saturated rings. The van der Waals surface area contributed by atoms with Crippen molar-refractivity contribution < 1.29 is 13.2 Å². The lowest BCUT2D eigenvalue weighted by atomic mass is 10.2. The number of ether oxygens (including phenoxy) is 1. The number of anilines is 2. The third-order valence-electron chi connectivity index (χ3n) is 6.49. The number of sulfonamides is 1. The fourth-order valence-electron chi connectivity index (χ4n) is 4.86. The predicted molar refractivity (Wildman–Crippen MR) is 137 cm³/mol. The van der Waals surface area contributed by atoms with Gasteiger partial charge in [-0.25, -0.2) is 8.42 Å². The summed E-state index contributed by atoms with van der Waals surface area (Å²) >= 11 is 1.24. The van der Waals surface area contributed by atoms with Crippen molar-refractivity contribution in [3.05, 3.63) is 64.4 Å². The predicted octanol–water partition coefficient (Wildman–Crippen LogP) is 2.78. The number of thiophene rings is 1. The lowest BCUT2D eigenvalue weighted by Crippen LogP contribution is -2.49. The number of para-hydroxylation sites is 1. The molecule has 2 bridgehead atoms. The van der Waals surface area contributed by atoms with Crippen LogP contribution in [0.5, 0.6) is 0 Å². The molecule has 2 aliphatic rings. The quantitative estimate of drug-likeness (QED) is 0.415. The van der Waals surface area contributed by atoms with Crippen LogP contribution in [0.3, 0.4) is 0 Å². The number of fused-ring (bicyclic) bond motifs is 2. The van der Waals surface area contributed by atoms with E-state index in [-0.39, 0.29) is 17.6 Å². The van der Waals surface area contributed by atoms with Crippen LogP contribution in [0, 0.1) is 0 Å². The van der Waals surface area contributed by atoms with Crippen molar-refractivity contribution in [2.75, 3.05) is 43.1 Å². The monoisotopic (exact) mass is 515 g/mol. The number of hydrogen-bond acceptors (Lipinski definition) is 8. The van der Waals surface area contributed by atoms with E-state index < -0.39 is 10.0 Å². The molecule has 1 aromatic carbocycles. The van der Waals surface area contributed by atoms with Crippen LogP contribution in [0.1, 0.15) is 19.8 Å². The van der Waals surface area contributed by atoms with Gasteiger partial charge in [0.25, 0.3) is 15.6 Å². The van der Waals surface area contributed by atoms with E-state index in [1.807, 2.05) is 37.3 Å². The van der Waals surface area contributed by atoms with E-state index in [1.165, 1.54) is 16.0 Å². The Bertz CT molecular complexity index is 1310. The summed E-state index contributed by atoms with van der Waals surface area (Å²) in [5.74, 6) is 0. The lowest BCUT2D eigenvalue weighted by Gasteiger charge is -2.35. The van der Waals surface area contributed by atoms with E-state index in [0.29, 0.717) is 48.4 Å². The molecule has 0 aliphatic carbocycles. The smallest absolute Gasteiger partial charge is 0.296 e. The Morgan fingerprint density at radius 2 is 1.97 bits per heavy atom. The fourth-order valence-corrected chi connectivity index (χ4v) is 7.64. The number of rotatable bonds is 10. The van der Waals surface area contributed by atoms with E-state index in [0.717, 1.165) is 18.5 Å². The summed E-state index contributed by atoms with van der Waals surface area (Å²) in [7, 11) is -3.50. The van der Waals surface area contributed by atoms with Crippen LogP contribution in [-0.2, 0) is 14.8 Å². The summed E-state index contributed by atoms with van der Waals surface area (Å²) in [5, 5.41) is 9.58. The number of nitrogens with zero attached hydrogens (tertiary/aromatic N) is 4. The second kappa shape index (κ2) is 10.1. The first-order valence-electron chi connectivity index (χ1n) is 11.8. The second-order valence-electron chi connectivity index (χ2n) is 8.64. The minimum atomic E-state index is -3.50. The van der Waals surface area contributed by atoms with Crippen molar-refractivity contribution in [3.63, 3.8) is 0 Å². The molecule has 0 radical (unpaired) electrons. The molecule has 3 aromatic rings. The van der Waals surface area contributed by atoms with Gasteiger partial charge in [-0.1, -0.05) is 24.3 Å². The molecule has 186 valence electrons. The van der Waals surface area contributed by atoms with Gasteiger partial charge in [-0.05, 0) is 43.3 Å². The average Bonchev–Trinajstić information content (AvgIpc) is 3.63. The molecule has 35 heavy (non-hydrogen) atoms. The Labute approximate surface area is 209 Å². The van der Waals surface area contributed by atoms with Gasteiger partial charge in [0.2, 0.25) is 0 Å². The van der Waals surface area contributed by atoms with Crippen molar-refractivity contribution in [3.8, 4) is 5.69 Å². The Hall–Kier alpha value is -2.73. The molecule has 2 aliphatic heterocycles. The summed E-state index contributed by atoms with van der Waals surface area (Å²) in [6.07, 6.45) is 3.22. The Balaban J connectivity index is 1.42. The number of hydrogen-bond donors (Lipinski definition) is 1. The molecule has 2 saturated heterocycles. The number of nitrogens with one attached hydrogen (secondary N) is 1. The van der Waals surface area contributed by atoms with Crippen molar-refractivity contribution in [2.45, 2.75) is 36.1 Å². The molecule has 4 heterocycles. The summed E-state index contributed by atoms with van der Waals surface area (Å²) in [6, 6.07) is 12.6. The molecule has 2 aromatic heterocycles. The largest absolute Gasteiger partial charge is 0.382 e. The first-order chi connectivity index (χ1) is 17.0. The van der Waals surface area contributed by atoms with Gasteiger partial charge in [0.1, 0.15) is 9.90 Å². The standard InChI is InChI=1S/C24H29N5O4S2/c1-2-33-12-7-11-25-23-21(15-26-29(24(23)30)18-8-4-3-5-9-18)27-16-20-14-19(27)17-28(20)35(31,32)22-10-6-13-34-22/h3-6,8-10,13,15,19-20,25H,2,7,11-12,14,16-17H2,1H3. The van der Waals surface area contributed by atoms with E-state index in [4.69, 9.17) is 4.74 Å². The highest BCUT2D eigenvalue weighted by molar-refractivity contribution is 7.91. The van der Waals surface area contributed by atoms with Crippen LogP contribution in [0.4, 0.5) is 11.4 Å². The van der Waals surface area contributed by atoms with Gasteiger partial charge >= 0.3 is 0 Å². The van der Waals surface area contributed by atoms with E-state index in [2.05, 4.69) is 15.3 Å². The molecule has 0 spiro atoms. The molecule has 0 amide bonds.